The second-order valence-corrected chi connectivity index (χ2v) is 12.8. The van der Waals surface area contributed by atoms with Crippen LogP contribution in [0.15, 0.2) is 72.9 Å². The van der Waals surface area contributed by atoms with Crippen LogP contribution >= 0.6 is 0 Å². The average Bonchev–Trinajstić information content (AvgIpc) is 3.08. The van der Waals surface area contributed by atoms with Crippen LogP contribution in [-0.4, -0.2) is 35.6 Å². The molecule has 0 aliphatic rings. The fourth-order valence-electron chi connectivity index (χ4n) is 5.30. The summed E-state index contributed by atoms with van der Waals surface area (Å²) in [5.41, 5.74) is 0. The van der Waals surface area contributed by atoms with Crippen LogP contribution in [0.5, 0.6) is 0 Å². The van der Waals surface area contributed by atoms with Crippen molar-refractivity contribution in [1.82, 2.24) is 5.32 Å². The maximum Gasteiger partial charge on any atom is 0.322 e. The maximum atomic E-state index is 12.6. The summed E-state index contributed by atoms with van der Waals surface area (Å²) in [4.78, 5) is 34.8. The first-order valence-electron chi connectivity index (χ1n) is 19.6. The van der Waals surface area contributed by atoms with Crippen LogP contribution in [0.2, 0.25) is 0 Å². The second kappa shape index (κ2) is 37.7. The van der Waals surface area contributed by atoms with Gasteiger partial charge in [-0.3, -0.25) is 14.4 Å². The zero-order valence-corrected chi connectivity index (χ0v) is 31.3. The van der Waals surface area contributed by atoms with E-state index in [9.17, 15) is 14.4 Å². The van der Waals surface area contributed by atoms with Gasteiger partial charge in [-0.25, -0.2) is 0 Å². The highest BCUT2D eigenvalue weighted by atomic mass is 16.5. The van der Waals surface area contributed by atoms with Gasteiger partial charge in [-0.15, -0.1) is 0 Å². The summed E-state index contributed by atoms with van der Waals surface area (Å²) in [5, 5.41) is 11.1. The molecule has 0 aliphatic heterocycles. The topological polar surface area (TPSA) is 92.7 Å². The molecular weight excluding hydrogens is 610 g/mol. The van der Waals surface area contributed by atoms with Gasteiger partial charge in [0.05, 0.1) is 0 Å². The number of aliphatic carboxylic acids is 1. The highest BCUT2D eigenvalue weighted by molar-refractivity contribution is 5.80. The van der Waals surface area contributed by atoms with Crippen LogP contribution in [0, 0.1) is 0 Å². The standard InChI is InChI=1S/C43H71NO5/c1-3-5-7-9-11-13-14-15-16-17-18-19-20-21-22-23-25-30-34-38-43(48)49-40(35-31-27-24-12-10-8-6-4-2)36-32-28-26-29-33-37-41(45)44-39-42(46)47/h5,7,11,13,15-16,18-19,21-22,25,30,40H,3-4,6,8-10,12,14,17,20,23-24,26-29,31-39H2,1-2H3,(H,44,45)(H,46,47)/b7-5-,13-11-,16-15-,19-18-,22-21-,30-25-. The molecule has 0 aromatic rings. The van der Waals surface area contributed by atoms with Gasteiger partial charge in [-0.1, -0.05) is 151 Å². The lowest BCUT2D eigenvalue weighted by molar-refractivity contribution is -0.149. The van der Waals surface area contributed by atoms with Crippen LogP contribution in [0.4, 0.5) is 0 Å². The van der Waals surface area contributed by atoms with Gasteiger partial charge in [-0.2, -0.15) is 0 Å². The third-order valence-electron chi connectivity index (χ3n) is 8.16. The van der Waals surface area contributed by atoms with Crippen LogP contribution in [0.1, 0.15) is 168 Å². The molecule has 0 saturated carbocycles. The Labute approximate surface area is 300 Å². The molecular formula is C43H71NO5. The Morgan fingerprint density at radius 1 is 0.551 bits per heavy atom. The van der Waals surface area contributed by atoms with Crippen molar-refractivity contribution in [3.8, 4) is 0 Å². The number of rotatable bonds is 34. The molecule has 6 heteroatoms. The molecule has 278 valence electrons. The molecule has 0 bridgehead atoms. The summed E-state index contributed by atoms with van der Waals surface area (Å²) in [5.74, 6) is -1.33. The van der Waals surface area contributed by atoms with Gasteiger partial charge in [0.15, 0.2) is 0 Å². The molecule has 0 spiro atoms. The number of carbonyl (C=O) groups is 3. The van der Waals surface area contributed by atoms with E-state index in [0.717, 1.165) is 89.9 Å². The Balaban J connectivity index is 4.24. The van der Waals surface area contributed by atoms with E-state index in [1.54, 1.807) is 0 Å². The first-order chi connectivity index (χ1) is 24.0. The van der Waals surface area contributed by atoms with E-state index in [2.05, 4.69) is 92.1 Å². The minimum atomic E-state index is -1.02. The van der Waals surface area contributed by atoms with Crippen LogP contribution in [0.3, 0.4) is 0 Å². The molecule has 0 rings (SSSR count). The highest BCUT2D eigenvalue weighted by Crippen LogP contribution is 2.18. The first kappa shape index (κ1) is 45.9. The van der Waals surface area contributed by atoms with E-state index >= 15 is 0 Å². The van der Waals surface area contributed by atoms with Gasteiger partial charge in [0, 0.05) is 12.8 Å². The molecule has 0 aromatic carbocycles. The Morgan fingerprint density at radius 3 is 1.45 bits per heavy atom. The van der Waals surface area contributed by atoms with E-state index in [-0.39, 0.29) is 24.5 Å². The van der Waals surface area contributed by atoms with Crippen LogP contribution in [-0.2, 0) is 19.1 Å². The summed E-state index contributed by atoms with van der Waals surface area (Å²) >= 11 is 0. The molecule has 0 aliphatic carbocycles. The monoisotopic (exact) mass is 682 g/mol. The number of ether oxygens (including phenoxy) is 1. The second-order valence-electron chi connectivity index (χ2n) is 12.8. The van der Waals surface area contributed by atoms with Crippen LogP contribution < -0.4 is 5.32 Å². The summed E-state index contributed by atoms with van der Waals surface area (Å²) in [6.07, 6.45) is 50.2. The zero-order valence-electron chi connectivity index (χ0n) is 31.3. The van der Waals surface area contributed by atoms with Gasteiger partial charge in [-0.05, 0) is 77.0 Å². The Kier molecular flexibility index (Phi) is 35.2. The van der Waals surface area contributed by atoms with Crippen molar-refractivity contribution >= 4 is 17.8 Å². The van der Waals surface area contributed by atoms with Crippen molar-refractivity contribution in [3.05, 3.63) is 72.9 Å². The van der Waals surface area contributed by atoms with Crippen LogP contribution in [0.25, 0.3) is 0 Å². The summed E-state index contributed by atoms with van der Waals surface area (Å²) in [6, 6.07) is 0. The van der Waals surface area contributed by atoms with E-state index < -0.39 is 5.97 Å². The summed E-state index contributed by atoms with van der Waals surface area (Å²) in [7, 11) is 0. The number of allylic oxidation sites excluding steroid dienone is 12. The number of nitrogens with one attached hydrogen (secondary N) is 1. The molecule has 1 atom stereocenters. The number of carboxylic acid groups (broad SMARTS) is 1. The van der Waals surface area contributed by atoms with Gasteiger partial charge < -0.3 is 15.2 Å². The van der Waals surface area contributed by atoms with E-state index in [1.165, 1.54) is 44.9 Å². The lowest BCUT2D eigenvalue weighted by Gasteiger charge is -2.18. The lowest BCUT2D eigenvalue weighted by Crippen LogP contribution is -2.28. The summed E-state index contributed by atoms with van der Waals surface area (Å²) in [6.45, 7) is 4.08. The van der Waals surface area contributed by atoms with Gasteiger partial charge >= 0.3 is 11.9 Å². The average molecular weight is 682 g/mol. The molecule has 0 heterocycles. The fraction of sp³-hybridized carbons (Fsp3) is 0.651. The van der Waals surface area contributed by atoms with E-state index in [0.29, 0.717) is 19.3 Å². The number of unbranched alkanes of at least 4 members (excludes halogenated alkanes) is 11. The predicted octanol–water partition coefficient (Wildman–Crippen LogP) is 11.8. The molecule has 49 heavy (non-hydrogen) atoms. The third kappa shape index (κ3) is 37.5. The summed E-state index contributed by atoms with van der Waals surface area (Å²) < 4.78 is 5.95. The predicted molar refractivity (Wildman–Crippen MR) is 208 cm³/mol. The van der Waals surface area contributed by atoms with Crippen molar-refractivity contribution in [2.24, 2.45) is 0 Å². The first-order valence-corrected chi connectivity index (χ1v) is 19.6. The molecule has 1 amide bonds. The van der Waals surface area contributed by atoms with Gasteiger partial charge in [0.1, 0.15) is 12.6 Å². The highest BCUT2D eigenvalue weighted by Gasteiger charge is 2.14. The quantitative estimate of drug-likeness (QED) is 0.0400. The number of hydrogen-bond donors (Lipinski definition) is 2. The van der Waals surface area contributed by atoms with E-state index in [1.807, 2.05) is 0 Å². The molecule has 0 fully saturated rings. The molecule has 0 saturated heterocycles. The maximum absolute atomic E-state index is 12.6. The Bertz CT molecular complexity index is 975. The SMILES string of the molecule is CC/C=C\C/C=C\C/C=C\C/C=C\C/C=C\C/C=C\CCC(=O)OC(CCCCCCCCCC)CCCCCCCC(=O)NCC(=O)O. The fourth-order valence-corrected chi connectivity index (χ4v) is 5.30. The molecule has 1 unspecified atom stereocenters. The molecule has 2 N–H and O–H groups in total. The van der Waals surface area contributed by atoms with Crippen molar-refractivity contribution < 1.29 is 24.2 Å². The minimum Gasteiger partial charge on any atom is -0.480 e. The van der Waals surface area contributed by atoms with Crippen molar-refractivity contribution in [3.63, 3.8) is 0 Å². The number of hydrogen-bond acceptors (Lipinski definition) is 4. The minimum absolute atomic E-state index is 0.0142. The third-order valence-corrected chi connectivity index (χ3v) is 8.16. The Hall–Kier alpha value is -3.15. The van der Waals surface area contributed by atoms with Gasteiger partial charge in [0.25, 0.3) is 0 Å². The molecule has 0 aromatic heterocycles. The largest absolute Gasteiger partial charge is 0.480 e. The van der Waals surface area contributed by atoms with Crippen molar-refractivity contribution in [1.29, 1.82) is 0 Å². The Morgan fingerprint density at radius 2 is 0.980 bits per heavy atom. The number of esters is 1. The number of amides is 1. The van der Waals surface area contributed by atoms with Crippen molar-refractivity contribution in [2.75, 3.05) is 6.54 Å². The molecule has 6 nitrogen and oxygen atoms in total. The van der Waals surface area contributed by atoms with Crippen molar-refractivity contribution in [2.45, 2.75) is 174 Å². The normalized spacial score (nSPS) is 12.9. The smallest absolute Gasteiger partial charge is 0.322 e. The molecule has 0 radical (unpaired) electrons. The number of carbonyl (C=O) groups excluding carboxylic acids is 2. The number of carboxylic acids is 1. The van der Waals surface area contributed by atoms with E-state index in [4.69, 9.17) is 9.84 Å². The zero-order chi connectivity index (χ0) is 35.9. The lowest BCUT2D eigenvalue weighted by atomic mass is 10.0. The van der Waals surface area contributed by atoms with Gasteiger partial charge in [0.2, 0.25) is 5.91 Å².